The highest BCUT2D eigenvalue weighted by Crippen LogP contribution is 2.51. The van der Waals surface area contributed by atoms with Crippen molar-refractivity contribution in [2.24, 2.45) is 0 Å². The number of ether oxygens (including phenoxy) is 1. The molecular formula is C7H15O5P. The predicted molar refractivity (Wildman–Crippen MR) is 46.6 cm³/mol. The van der Waals surface area contributed by atoms with Gasteiger partial charge in [-0.05, 0) is 13.3 Å². The Morgan fingerprint density at radius 1 is 1.31 bits per heavy atom. The van der Waals surface area contributed by atoms with Crippen LogP contribution >= 0.6 is 7.82 Å². The van der Waals surface area contributed by atoms with Crippen molar-refractivity contribution in [3.05, 3.63) is 0 Å². The topological polar surface area (TPSA) is 54.0 Å². The molecule has 1 heterocycles. The third-order valence-electron chi connectivity index (χ3n) is 1.47. The molecule has 0 amide bonds. The van der Waals surface area contributed by atoms with Crippen molar-refractivity contribution in [3.63, 3.8) is 0 Å². The molecule has 0 bridgehead atoms. The van der Waals surface area contributed by atoms with E-state index in [1.165, 1.54) is 0 Å². The first-order valence-electron chi connectivity index (χ1n) is 4.38. The molecule has 0 aliphatic carbocycles. The third-order valence-corrected chi connectivity index (χ3v) is 2.97. The average molecular weight is 210 g/mol. The molecule has 0 N–H and O–H groups in total. The van der Waals surface area contributed by atoms with Crippen LogP contribution in [0.15, 0.2) is 0 Å². The smallest absolute Gasteiger partial charge is 0.379 e. The minimum Gasteiger partial charge on any atom is -0.379 e. The quantitative estimate of drug-likeness (QED) is 0.509. The predicted octanol–water partition coefficient (Wildman–Crippen LogP) is 1.58. The van der Waals surface area contributed by atoms with Crippen LogP contribution in [0.3, 0.4) is 0 Å². The average Bonchev–Trinajstić information content (AvgIpc) is 2.14. The highest BCUT2D eigenvalue weighted by atomic mass is 31.2. The number of phosphoric ester groups is 1. The largest absolute Gasteiger partial charge is 0.474 e. The molecule has 0 saturated carbocycles. The first kappa shape index (κ1) is 11.1. The molecule has 1 aliphatic rings. The zero-order chi connectivity index (χ0) is 9.57. The maximum absolute atomic E-state index is 11.5. The van der Waals surface area contributed by atoms with E-state index < -0.39 is 7.82 Å². The fourth-order valence-electron chi connectivity index (χ4n) is 0.876. The molecule has 6 heteroatoms. The Bertz CT molecular complexity index is 174. The maximum Gasteiger partial charge on any atom is 0.474 e. The lowest BCUT2D eigenvalue weighted by molar-refractivity contribution is 0.0491. The fraction of sp³-hybridized carbons (Fsp3) is 1.00. The molecule has 1 saturated heterocycles. The summed E-state index contributed by atoms with van der Waals surface area (Å²) in [7, 11) is -3.23. The maximum atomic E-state index is 11.5. The molecule has 0 atom stereocenters. The molecule has 0 aromatic carbocycles. The number of hydrogen-bond acceptors (Lipinski definition) is 5. The Morgan fingerprint density at radius 2 is 2.00 bits per heavy atom. The van der Waals surface area contributed by atoms with Crippen molar-refractivity contribution in [3.8, 4) is 0 Å². The van der Waals surface area contributed by atoms with E-state index in [0.717, 1.165) is 6.42 Å². The summed E-state index contributed by atoms with van der Waals surface area (Å²) in [5.41, 5.74) is 0. The Labute approximate surface area is 77.9 Å². The SMILES string of the molecule is CCOCCOP1(=O)OCCCO1. The zero-order valence-corrected chi connectivity index (χ0v) is 8.63. The summed E-state index contributed by atoms with van der Waals surface area (Å²) in [6.45, 7) is 4.03. The van der Waals surface area contributed by atoms with Gasteiger partial charge in [0, 0.05) is 6.61 Å². The lowest BCUT2D eigenvalue weighted by Gasteiger charge is -2.21. The van der Waals surface area contributed by atoms with Crippen LogP contribution in [-0.4, -0.2) is 33.0 Å². The van der Waals surface area contributed by atoms with E-state index in [-0.39, 0.29) is 6.61 Å². The van der Waals surface area contributed by atoms with Crippen molar-refractivity contribution in [2.45, 2.75) is 13.3 Å². The minimum absolute atomic E-state index is 0.241. The van der Waals surface area contributed by atoms with Crippen molar-refractivity contribution in [2.75, 3.05) is 33.0 Å². The van der Waals surface area contributed by atoms with Crippen molar-refractivity contribution in [1.82, 2.24) is 0 Å². The van der Waals surface area contributed by atoms with Gasteiger partial charge < -0.3 is 4.74 Å². The first-order valence-corrected chi connectivity index (χ1v) is 5.84. The van der Waals surface area contributed by atoms with Gasteiger partial charge >= 0.3 is 7.82 Å². The van der Waals surface area contributed by atoms with Crippen LogP contribution < -0.4 is 0 Å². The molecule has 0 spiro atoms. The van der Waals surface area contributed by atoms with Gasteiger partial charge in [0.15, 0.2) is 0 Å². The van der Waals surface area contributed by atoms with E-state index in [9.17, 15) is 4.57 Å². The summed E-state index contributed by atoms with van der Waals surface area (Å²) in [5, 5.41) is 0. The lowest BCUT2D eigenvalue weighted by Crippen LogP contribution is -2.12. The van der Waals surface area contributed by atoms with Gasteiger partial charge in [0.25, 0.3) is 0 Å². The Balaban J connectivity index is 2.14. The number of phosphoric acid groups is 1. The molecule has 0 unspecified atom stereocenters. The van der Waals surface area contributed by atoms with Gasteiger partial charge in [0.05, 0.1) is 26.4 Å². The molecule has 1 fully saturated rings. The second kappa shape index (κ2) is 5.73. The second-order valence-electron chi connectivity index (χ2n) is 2.50. The molecule has 1 rings (SSSR count). The van der Waals surface area contributed by atoms with Gasteiger partial charge in [-0.1, -0.05) is 0 Å². The van der Waals surface area contributed by atoms with Crippen LogP contribution in [0.25, 0.3) is 0 Å². The standard InChI is InChI=1S/C7H15O5P/c1-2-9-6-7-12-13(8)10-4-3-5-11-13/h2-7H2,1H3. The van der Waals surface area contributed by atoms with Crippen molar-refractivity contribution < 1.29 is 22.9 Å². The van der Waals surface area contributed by atoms with Gasteiger partial charge in [-0.15, -0.1) is 0 Å². The molecule has 13 heavy (non-hydrogen) atoms. The fourth-order valence-corrected chi connectivity index (χ4v) is 2.10. The summed E-state index contributed by atoms with van der Waals surface area (Å²) in [4.78, 5) is 0. The Morgan fingerprint density at radius 3 is 2.62 bits per heavy atom. The first-order chi connectivity index (χ1) is 6.27. The summed E-state index contributed by atoms with van der Waals surface area (Å²) in [5.74, 6) is 0. The molecule has 0 aromatic heterocycles. The van der Waals surface area contributed by atoms with Gasteiger partial charge in [-0.2, -0.15) is 0 Å². The van der Waals surface area contributed by atoms with Crippen LogP contribution in [0.2, 0.25) is 0 Å². The van der Waals surface area contributed by atoms with Crippen LogP contribution in [0.1, 0.15) is 13.3 Å². The van der Waals surface area contributed by atoms with Crippen LogP contribution in [0.5, 0.6) is 0 Å². The highest BCUT2D eigenvalue weighted by Gasteiger charge is 2.29. The molecule has 78 valence electrons. The van der Waals surface area contributed by atoms with E-state index in [1.807, 2.05) is 6.92 Å². The van der Waals surface area contributed by atoms with E-state index in [4.69, 9.17) is 18.3 Å². The molecule has 5 nitrogen and oxygen atoms in total. The lowest BCUT2D eigenvalue weighted by atomic mass is 10.5. The number of hydrogen-bond donors (Lipinski definition) is 0. The van der Waals surface area contributed by atoms with Crippen LogP contribution in [0.4, 0.5) is 0 Å². The summed E-state index contributed by atoms with van der Waals surface area (Å²) in [6, 6.07) is 0. The highest BCUT2D eigenvalue weighted by molar-refractivity contribution is 7.48. The molecule has 0 radical (unpaired) electrons. The molecule has 0 aromatic rings. The normalized spacial score (nSPS) is 21.6. The molecular weight excluding hydrogens is 195 g/mol. The van der Waals surface area contributed by atoms with E-state index in [1.54, 1.807) is 0 Å². The van der Waals surface area contributed by atoms with E-state index in [0.29, 0.717) is 26.4 Å². The second-order valence-corrected chi connectivity index (χ2v) is 4.17. The summed E-state index contributed by atoms with van der Waals surface area (Å²) < 4.78 is 31.2. The van der Waals surface area contributed by atoms with Crippen LogP contribution in [-0.2, 0) is 22.9 Å². The number of rotatable bonds is 5. The molecule has 1 aliphatic heterocycles. The van der Waals surface area contributed by atoms with Crippen LogP contribution in [0, 0.1) is 0 Å². The summed E-state index contributed by atoms with van der Waals surface area (Å²) >= 11 is 0. The van der Waals surface area contributed by atoms with E-state index >= 15 is 0 Å². The van der Waals surface area contributed by atoms with Gasteiger partial charge in [0.2, 0.25) is 0 Å². The Hall–Kier alpha value is 0.0700. The van der Waals surface area contributed by atoms with Crippen molar-refractivity contribution >= 4 is 7.82 Å². The third kappa shape index (κ3) is 4.20. The van der Waals surface area contributed by atoms with Gasteiger partial charge in [0.1, 0.15) is 0 Å². The van der Waals surface area contributed by atoms with E-state index in [2.05, 4.69) is 0 Å². The summed E-state index contributed by atoms with van der Waals surface area (Å²) in [6.07, 6.45) is 0.763. The monoisotopic (exact) mass is 210 g/mol. The zero-order valence-electron chi connectivity index (χ0n) is 7.73. The van der Waals surface area contributed by atoms with Gasteiger partial charge in [-0.3, -0.25) is 13.6 Å². The van der Waals surface area contributed by atoms with Crippen molar-refractivity contribution in [1.29, 1.82) is 0 Å². The minimum atomic E-state index is -3.23. The van der Waals surface area contributed by atoms with Gasteiger partial charge in [-0.25, -0.2) is 4.57 Å². The Kier molecular flexibility index (Phi) is 4.91.